The van der Waals surface area contributed by atoms with E-state index in [4.69, 9.17) is 0 Å². The molecule has 0 spiro atoms. The van der Waals surface area contributed by atoms with Gasteiger partial charge in [0, 0.05) is 20.6 Å². The number of nitrogens with zero attached hydrogens (tertiary/aromatic N) is 1. The Kier molecular flexibility index (Phi) is 9.65. The minimum atomic E-state index is 0. The lowest BCUT2D eigenvalue weighted by Gasteiger charge is -2.09. The molecule has 1 aromatic rings. The van der Waals surface area contributed by atoms with Gasteiger partial charge in [-0.3, -0.25) is 4.99 Å². The number of aliphatic imine (C=N–C) groups is 1. The maximum atomic E-state index is 4.08. The van der Waals surface area contributed by atoms with E-state index in [0.29, 0.717) is 5.92 Å². The molecule has 0 amide bonds. The molecule has 0 aromatic heterocycles. The van der Waals surface area contributed by atoms with Crippen LogP contribution in [0.25, 0.3) is 0 Å². The van der Waals surface area contributed by atoms with E-state index in [-0.39, 0.29) is 24.0 Å². The van der Waals surface area contributed by atoms with E-state index >= 15 is 0 Å². The monoisotopic (exact) mass is 375 g/mol. The molecule has 0 unspecified atom stereocenters. The zero-order chi connectivity index (χ0) is 13.4. The van der Waals surface area contributed by atoms with Gasteiger partial charge in [0.1, 0.15) is 0 Å². The van der Waals surface area contributed by atoms with Gasteiger partial charge in [-0.2, -0.15) is 0 Å². The van der Waals surface area contributed by atoms with Crippen molar-refractivity contribution in [2.75, 3.05) is 20.6 Å². The summed E-state index contributed by atoms with van der Waals surface area (Å²) in [6, 6.07) is 8.95. The molecule has 0 heterocycles. The van der Waals surface area contributed by atoms with Crippen LogP contribution < -0.4 is 10.6 Å². The largest absolute Gasteiger partial charge is 0.359 e. The summed E-state index contributed by atoms with van der Waals surface area (Å²) >= 11 is 0. The molecule has 0 bridgehead atoms. The molecule has 2 N–H and O–H groups in total. The number of benzene rings is 1. The van der Waals surface area contributed by atoms with Crippen molar-refractivity contribution < 1.29 is 0 Å². The second-order valence-electron chi connectivity index (χ2n) is 4.75. The zero-order valence-electron chi connectivity index (χ0n) is 12.4. The van der Waals surface area contributed by atoms with Crippen LogP contribution in [0.15, 0.2) is 29.3 Å². The molecule has 1 aromatic carbocycles. The third kappa shape index (κ3) is 6.80. The summed E-state index contributed by atoms with van der Waals surface area (Å²) < 4.78 is 0. The summed E-state index contributed by atoms with van der Waals surface area (Å²) in [5.41, 5.74) is 2.81. The van der Waals surface area contributed by atoms with Crippen molar-refractivity contribution in [3.05, 3.63) is 35.4 Å². The first kappa shape index (κ1) is 18.2. The molecule has 4 heteroatoms. The van der Waals surface area contributed by atoms with Gasteiger partial charge in [-0.25, -0.2) is 0 Å². The average molecular weight is 375 g/mol. The molecule has 108 valence electrons. The molecule has 0 atom stereocenters. The lowest BCUT2D eigenvalue weighted by Crippen LogP contribution is -2.35. The van der Waals surface area contributed by atoms with Crippen molar-refractivity contribution in [1.82, 2.24) is 10.6 Å². The fraction of sp³-hybridized carbons (Fsp3) is 0.533. The van der Waals surface area contributed by atoms with Crippen molar-refractivity contribution >= 4 is 29.9 Å². The molecule has 0 fully saturated rings. The Hall–Kier alpha value is -0.780. The van der Waals surface area contributed by atoms with Gasteiger partial charge >= 0.3 is 0 Å². The van der Waals surface area contributed by atoms with Crippen molar-refractivity contribution in [1.29, 1.82) is 0 Å². The molecule has 0 aliphatic heterocycles. The fourth-order valence-corrected chi connectivity index (χ4v) is 1.85. The molecule has 0 saturated heterocycles. The van der Waals surface area contributed by atoms with Crippen LogP contribution in [0.3, 0.4) is 0 Å². The average Bonchev–Trinajstić information content (AvgIpc) is 2.39. The molecular formula is C15H26IN3. The quantitative estimate of drug-likeness (QED) is 0.359. The molecule has 1 rings (SSSR count). The summed E-state index contributed by atoms with van der Waals surface area (Å²) in [6.07, 6.45) is 2.22. The van der Waals surface area contributed by atoms with E-state index < -0.39 is 0 Å². The van der Waals surface area contributed by atoms with Crippen LogP contribution in [-0.4, -0.2) is 26.6 Å². The molecule has 0 saturated carbocycles. The van der Waals surface area contributed by atoms with E-state index in [0.717, 1.165) is 25.3 Å². The van der Waals surface area contributed by atoms with Crippen molar-refractivity contribution in [3.8, 4) is 0 Å². The zero-order valence-corrected chi connectivity index (χ0v) is 14.7. The van der Waals surface area contributed by atoms with Crippen LogP contribution in [0.5, 0.6) is 0 Å². The Labute approximate surface area is 134 Å². The van der Waals surface area contributed by atoms with Crippen LogP contribution in [0.2, 0.25) is 0 Å². The van der Waals surface area contributed by atoms with E-state index in [1.54, 1.807) is 7.05 Å². The second-order valence-corrected chi connectivity index (χ2v) is 4.75. The molecule has 0 aliphatic carbocycles. The maximum Gasteiger partial charge on any atom is 0.190 e. The van der Waals surface area contributed by atoms with Crippen LogP contribution in [0.4, 0.5) is 0 Å². The van der Waals surface area contributed by atoms with Gasteiger partial charge in [0.15, 0.2) is 5.96 Å². The SMILES string of the molecule is CN=C(NC)NCCCc1ccc(C(C)C)cc1.I. The smallest absolute Gasteiger partial charge is 0.190 e. The molecule has 19 heavy (non-hydrogen) atoms. The molecule has 3 nitrogen and oxygen atoms in total. The van der Waals surface area contributed by atoms with Gasteiger partial charge in [0.25, 0.3) is 0 Å². The maximum absolute atomic E-state index is 4.08. The van der Waals surface area contributed by atoms with E-state index in [1.807, 2.05) is 7.05 Å². The highest BCUT2D eigenvalue weighted by molar-refractivity contribution is 14.0. The van der Waals surface area contributed by atoms with Crippen LogP contribution >= 0.6 is 24.0 Å². The number of rotatable bonds is 5. The summed E-state index contributed by atoms with van der Waals surface area (Å²) in [4.78, 5) is 4.08. The van der Waals surface area contributed by atoms with E-state index in [1.165, 1.54) is 11.1 Å². The Morgan fingerprint density at radius 3 is 2.32 bits per heavy atom. The number of halogens is 1. The van der Waals surface area contributed by atoms with Crippen LogP contribution in [-0.2, 0) is 6.42 Å². The predicted octanol–water partition coefficient (Wildman–Crippen LogP) is 3.16. The number of aryl methyl sites for hydroxylation is 1. The van der Waals surface area contributed by atoms with Crippen molar-refractivity contribution in [3.63, 3.8) is 0 Å². The lowest BCUT2D eigenvalue weighted by atomic mass is 10.0. The number of nitrogens with one attached hydrogen (secondary N) is 2. The fourth-order valence-electron chi connectivity index (χ4n) is 1.85. The van der Waals surface area contributed by atoms with Gasteiger partial charge in [0.05, 0.1) is 0 Å². The highest BCUT2D eigenvalue weighted by atomic mass is 127. The lowest BCUT2D eigenvalue weighted by molar-refractivity contribution is 0.757. The van der Waals surface area contributed by atoms with Gasteiger partial charge in [-0.1, -0.05) is 38.1 Å². The first-order chi connectivity index (χ1) is 8.67. The highest BCUT2D eigenvalue weighted by Crippen LogP contribution is 2.15. The van der Waals surface area contributed by atoms with Gasteiger partial charge < -0.3 is 10.6 Å². The molecule has 0 aliphatic rings. The first-order valence-corrected chi connectivity index (χ1v) is 6.64. The third-order valence-corrected chi connectivity index (χ3v) is 3.04. The van der Waals surface area contributed by atoms with Gasteiger partial charge in [-0.05, 0) is 29.9 Å². The topological polar surface area (TPSA) is 36.4 Å². The van der Waals surface area contributed by atoms with Crippen LogP contribution in [0.1, 0.15) is 37.3 Å². The number of hydrogen-bond acceptors (Lipinski definition) is 1. The van der Waals surface area contributed by atoms with Crippen molar-refractivity contribution in [2.24, 2.45) is 4.99 Å². The van der Waals surface area contributed by atoms with E-state index in [9.17, 15) is 0 Å². The summed E-state index contributed by atoms with van der Waals surface area (Å²) in [5.74, 6) is 1.46. The van der Waals surface area contributed by atoms with Crippen LogP contribution in [0, 0.1) is 0 Å². The summed E-state index contributed by atoms with van der Waals surface area (Å²) in [5, 5.41) is 6.27. The Bertz CT molecular complexity index is 371. The predicted molar refractivity (Wildman–Crippen MR) is 94.7 cm³/mol. The minimum absolute atomic E-state index is 0. The first-order valence-electron chi connectivity index (χ1n) is 6.64. The standard InChI is InChI=1S/C15H25N3.HI/c1-12(2)14-9-7-13(8-10-14)6-5-11-18-15(16-3)17-4;/h7-10,12H,5-6,11H2,1-4H3,(H2,16,17,18);1H. The third-order valence-electron chi connectivity index (χ3n) is 3.04. The minimum Gasteiger partial charge on any atom is -0.359 e. The Balaban J connectivity index is 0.00000324. The highest BCUT2D eigenvalue weighted by Gasteiger charge is 1.99. The molecular weight excluding hydrogens is 349 g/mol. The summed E-state index contributed by atoms with van der Waals surface area (Å²) in [6.45, 7) is 5.39. The molecule has 0 radical (unpaired) electrons. The normalized spacial score (nSPS) is 11.1. The second kappa shape index (κ2) is 10.1. The number of hydrogen-bond donors (Lipinski definition) is 2. The summed E-state index contributed by atoms with van der Waals surface area (Å²) in [7, 11) is 3.66. The Morgan fingerprint density at radius 2 is 1.84 bits per heavy atom. The van der Waals surface area contributed by atoms with Gasteiger partial charge in [0.2, 0.25) is 0 Å². The Morgan fingerprint density at radius 1 is 1.21 bits per heavy atom. The van der Waals surface area contributed by atoms with E-state index in [2.05, 4.69) is 53.7 Å². The van der Waals surface area contributed by atoms with Crippen molar-refractivity contribution in [2.45, 2.75) is 32.6 Å². The number of guanidine groups is 1. The van der Waals surface area contributed by atoms with Gasteiger partial charge in [-0.15, -0.1) is 24.0 Å².